The molecule has 0 atom stereocenters. The van der Waals surface area contributed by atoms with Gasteiger partial charge in [-0.3, -0.25) is 14.2 Å². The Labute approximate surface area is 171 Å². The molecule has 0 aliphatic heterocycles. The van der Waals surface area contributed by atoms with Crippen molar-refractivity contribution in [2.75, 3.05) is 19.3 Å². The van der Waals surface area contributed by atoms with Crippen LogP contribution < -0.4 is 5.56 Å². The van der Waals surface area contributed by atoms with Gasteiger partial charge in [-0.05, 0) is 36.4 Å². The highest BCUT2D eigenvalue weighted by molar-refractivity contribution is 7.99. The molecule has 2 aromatic carbocycles. The van der Waals surface area contributed by atoms with Crippen molar-refractivity contribution in [3.05, 3.63) is 63.9 Å². The van der Waals surface area contributed by atoms with E-state index < -0.39 is 0 Å². The fourth-order valence-corrected chi connectivity index (χ4v) is 3.69. The van der Waals surface area contributed by atoms with E-state index in [1.165, 1.54) is 21.2 Å². The highest BCUT2D eigenvalue weighted by atomic mass is 35.5. The maximum atomic E-state index is 13.1. The summed E-state index contributed by atoms with van der Waals surface area (Å²) in [6.07, 6.45) is 0.274. The summed E-state index contributed by atoms with van der Waals surface area (Å²) in [6, 6.07) is 16.0. The molecule has 0 saturated heterocycles. The molecule has 1 aromatic heterocycles. The predicted octanol–water partition coefficient (Wildman–Crippen LogP) is 3.50. The number of carbonyl (C=O) groups is 1. The number of aromatic nitrogens is 2. The molecule has 0 bridgehead atoms. The van der Waals surface area contributed by atoms with E-state index in [4.69, 9.17) is 16.9 Å². The molecular weight excluding hydrogens is 396 g/mol. The Morgan fingerprint density at radius 2 is 1.96 bits per heavy atom. The molecule has 0 unspecified atom stereocenters. The minimum atomic E-state index is -0.208. The van der Waals surface area contributed by atoms with Crippen molar-refractivity contribution in [2.45, 2.75) is 11.6 Å². The van der Waals surface area contributed by atoms with E-state index in [2.05, 4.69) is 4.98 Å². The minimum Gasteiger partial charge on any atom is -0.344 e. The van der Waals surface area contributed by atoms with E-state index in [0.29, 0.717) is 33.3 Å². The molecule has 0 saturated carbocycles. The van der Waals surface area contributed by atoms with Gasteiger partial charge in [0.1, 0.15) is 0 Å². The highest BCUT2D eigenvalue weighted by Crippen LogP contribution is 2.22. The van der Waals surface area contributed by atoms with Crippen LogP contribution >= 0.6 is 23.4 Å². The quantitative estimate of drug-likeness (QED) is 0.457. The molecule has 0 fully saturated rings. The molecule has 142 valence electrons. The lowest BCUT2D eigenvalue weighted by Gasteiger charge is -2.16. The smallest absolute Gasteiger partial charge is 0.266 e. The number of amides is 1. The summed E-state index contributed by atoms with van der Waals surface area (Å²) < 4.78 is 1.49. The standard InChI is InChI=1S/C20H17ClN4O2S/c1-24(12-4-11-22)18(26)13-28-20-23-17-6-3-2-5-16(17)19(27)25(20)15-9-7-14(21)8-10-15/h2-3,5-10H,4,12-13H2,1H3. The number of hydrogen-bond acceptors (Lipinski definition) is 5. The van der Waals surface area contributed by atoms with Crippen LogP contribution in [0.2, 0.25) is 5.02 Å². The first-order valence-electron chi connectivity index (χ1n) is 8.52. The zero-order chi connectivity index (χ0) is 20.1. The van der Waals surface area contributed by atoms with E-state index in [0.717, 1.165) is 0 Å². The maximum Gasteiger partial charge on any atom is 0.266 e. The molecule has 0 N–H and O–H groups in total. The van der Waals surface area contributed by atoms with Crippen molar-refractivity contribution in [1.29, 1.82) is 5.26 Å². The monoisotopic (exact) mass is 412 g/mol. The zero-order valence-corrected chi connectivity index (χ0v) is 16.7. The summed E-state index contributed by atoms with van der Waals surface area (Å²) in [5, 5.41) is 10.2. The largest absolute Gasteiger partial charge is 0.344 e. The molecule has 8 heteroatoms. The summed E-state index contributed by atoms with van der Waals surface area (Å²) in [5.74, 6) is -0.0226. The van der Waals surface area contributed by atoms with Gasteiger partial charge >= 0.3 is 0 Å². The zero-order valence-electron chi connectivity index (χ0n) is 15.1. The molecule has 28 heavy (non-hydrogen) atoms. The number of benzene rings is 2. The van der Waals surface area contributed by atoms with Gasteiger partial charge in [-0.1, -0.05) is 35.5 Å². The number of carbonyl (C=O) groups excluding carboxylic acids is 1. The minimum absolute atomic E-state index is 0.111. The van der Waals surface area contributed by atoms with E-state index in [-0.39, 0.29) is 23.6 Å². The topological polar surface area (TPSA) is 79.0 Å². The second kappa shape index (κ2) is 8.91. The third-order valence-electron chi connectivity index (χ3n) is 4.14. The van der Waals surface area contributed by atoms with Gasteiger partial charge in [-0.25, -0.2) is 4.98 Å². The number of nitrogens with zero attached hydrogens (tertiary/aromatic N) is 4. The van der Waals surface area contributed by atoms with Gasteiger partial charge < -0.3 is 4.90 Å². The Morgan fingerprint density at radius 3 is 2.68 bits per heavy atom. The third-order valence-corrected chi connectivity index (χ3v) is 5.31. The first kappa shape index (κ1) is 19.9. The van der Waals surface area contributed by atoms with Crippen LogP contribution in [0.4, 0.5) is 0 Å². The van der Waals surface area contributed by atoms with Gasteiger partial charge in [0, 0.05) is 18.6 Å². The lowest BCUT2D eigenvalue weighted by atomic mass is 10.2. The summed E-state index contributed by atoms with van der Waals surface area (Å²) >= 11 is 7.16. The molecule has 3 rings (SSSR count). The third kappa shape index (κ3) is 4.35. The Morgan fingerprint density at radius 1 is 1.25 bits per heavy atom. The molecule has 3 aromatic rings. The second-order valence-corrected chi connectivity index (χ2v) is 7.42. The summed E-state index contributed by atoms with van der Waals surface area (Å²) in [5.41, 5.74) is 0.992. The molecule has 1 heterocycles. The van der Waals surface area contributed by atoms with E-state index >= 15 is 0 Å². The SMILES string of the molecule is CN(CCC#N)C(=O)CSc1nc2ccccc2c(=O)n1-c1ccc(Cl)cc1. The number of thioether (sulfide) groups is 1. The van der Waals surface area contributed by atoms with Gasteiger partial charge in [-0.2, -0.15) is 5.26 Å². The molecule has 0 radical (unpaired) electrons. The van der Waals surface area contributed by atoms with Gasteiger partial charge in [0.15, 0.2) is 5.16 Å². The van der Waals surface area contributed by atoms with E-state index in [9.17, 15) is 9.59 Å². The lowest BCUT2D eigenvalue weighted by molar-refractivity contribution is -0.127. The molecule has 0 spiro atoms. The number of hydrogen-bond donors (Lipinski definition) is 0. The number of rotatable bonds is 6. The van der Waals surface area contributed by atoms with Gasteiger partial charge in [0.2, 0.25) is 5.91 Å². The van der Waals surface area contributed by atoms with Gasteiger partial charge in [0.05, 0.1) is 34.8 Å². The first-order valence-corrected chi connectivity index (χ1v) is 9.89. The van der Waals surface area contributed by atoms with Crippen LogP contribution in [-0.4, -0.2) is 39.7 Å². The average Bonchev–Trinajstić information content (AvgIpc) is 2.71. The molecule has 1 amide bonds. The van der Waals surface area contributed by atoms with Crippen LogP contribution in [0.5, 0.6) is 0 Å². The fourth-order valence-electron chi connectivity index (χ4n) is 2.61. The Hall–Kier alpha value is -2.82. The van der Waals surface area contributed by atoms with Crippen molar-refractivity contribution >= 4 is 40.2 Å². The van der Waals surface area contributed by atoms with Crippen molar-refractivity contribution in [2.24, 2.45) is 0 Å². The Balaban J connectivity index is 1.99. The first-order chi connectivity index (χ1) is 13.5. The molecule has 0 aliphatic carbocycles. The Bertz CT molecular complexity index is 1110. The van der Waals surface area contributed by atoms with Crippen LogP contribution in [0, 0.1) is 11.3 Å². The van der Waals surface area contributed by atoms with Gasteiger partial charge in [-0.15, -0.1) is 0 Å². The second-order valence-electron chi connectivity index (χ2n) is 6.04. The summed E-state index contributed by atoms with van der Waals surface area (Å²) in [6.45, 7) is 0.366. The van der Waals surface area contributed by atoms with Crippen molar-refractivity contribution < 1.29 is 4.79 Å². The van der Waals surface area contributed by atoms with Crippen molar-refractivity contribution in [3.8, 4) is 11.8 Å². The normalized spacial score (nSPS) is 10.6. The van der Waals surface area contributed by atoms with Gasteiger partial charge in [0.25, 0.3) is 5.56 Å². The lowest BCUT2D eigenvalue weighted by Crippen LogP contribution is -2.29. The Kier molecular flexibility index (Phi) is 6.34. The van der Waals surface area contributed by atoms with Crippen LogP contribution in [0.3, 0.4) is 0 Å². The summed E-state index contributed by atoms with van der Waals surface area (Å²) in [7, 11) is 1.65. The number of halogens is 1. The van der Waals surface area contributed by atoms with Crippen LogP contribution in [0.1, 0.15) is 6.42 Å². The van der Waals surface area contributed by atoms with E-state index in [1.807, 2.05) is 12.1 Å². The average molecular weight is 413 g/mol. The number of para-hydroxylation sites is 1. The van der Waals surface area contributed by atoms with Crippen LogP contribution in [0.15, 0.2) is 58.5 Å². The number of fused-ring (bicyclic) bond motifs is 1. The van der Waals surface area contributed by atoms with Crippen LogP contribution in [0.25, 0.3) is 16.6 Å². The molecule has 6 nitrogen and oxygen atoms in total. The molecular formula is C20H17ClN4O2S. The maximum absolute atomic E-state index is 13.1. The predicted molar refractivity (Wildman–Crippen MR) is 111 cm³/mol. The van der Waals surface area contributed by atoms with Crippen LogP contribution in [-0.2, 0) is 4.79 Å². The van der Waals surface area contributed by atoms with Crippen molar-refractivity contribution in [1.82, 2.24) is 14.5 Å². The highest BCUT2D eigenvalue weighted by Gasteiger charge is 2.16. The van der Waals surface area contributed by atoms with E-state index in [1.54, 1.807) is 49.5 Å². The molecule has 0 aliphatic rings. The fraction of sp³-hybridized carbons (Fsp3) is 0.200. The number of nitriles is 1. The van der Waals surface area contributed by atoms with Crippen molar-refractivity contribution in [3.63, 3.8) is 0 Å². The summed E-state index contributed by atoms with van der Waals surface area (Å²) in [4.78, 5) is 31.5.